The highest BCUT2D eigenvalue weighted by atomic mass is 31.2. The molecule has 0 aliphatic rings. The Morgan fingerprint density at radius 2 is 1.93 bits per heavy atom. The molecule has 0 unspecified atom stereocenters. The highest BCUT2D eigenvalue weighted by molar-refractivity contribution is 7.61. The molecule has 1 N–H and O–H groups in total. The topological polar surface area (TPSA) is 86.2 Å². The lowest BCUT2D eigenvalue weighted by Crippen LogP contribution is -2.30. The number of aromatic amines is 1. The third-order valence-corrected chi connectivity index (χ3v) is 3.70. The van der Waals surface area contributed by atoms with Gasteiger partial charge in [0.15, 0.2) is 0 Å². The first-order valence-corrected chi connectivity index (χ1v) is 5.89. The van der Waals surface area contributed by atoms with Crippen molar-refractivity contribution >= 4 is 13.0 Å². The summed E-state index contributed by atoms with van der Waals surface area (Å²) in [6, 6.07) is -0.0964. The Kier molecular flexibility index (Phi) is 3.49. The third-order valence-electron chi connectivity index (χ3n) is 1.93. The molecule has 1 aromatic heterocycles. The van der Waals surface area contributed by atoms with Gasteiger partial charge in [-0.05, 0) is 13.8 Å². The Hall–Kier alpha value is -0.910. The van der Waals surface area contributed by atoms with Crippen LogP contribution in [0.5, 0.6) is 0 Å². The molecule has 0 amide bonds. The van der Waals surface area contributed by atoms with E-state index in [4.69, 9.17) is 0 Å². The molecular weight excluding hydrogens is 221 g/mol. The largest absolute Gasteiger partial charge is 0.386 e. The summed E-state index contributed by atoms with van der Waals surface area (Å²) in [4.78, 5) is 11.7. The van der Waals surface area contributed by atoms with E-state index in [-0.39, 0.29) is 11.5 Å². The molecule has 0 saturated heterocycles. The van der Waals surface area contributed by atoms with Crippen LogP contribution in [0.4, 0.5) is 0 Å². The fourth-order valence-corrected chi connectivity index (χ4v) is 2.08. The monoisotopic (exact) mass is 235 g/mol. The van der Waals surface area contributed by atoms with Gasteiger partial charge in [-0.3, -0.25) is 9.36 Å². The van der Waals surface area contributed by atoms with Crippen molar-refractivity contribution in [2.45, 2.75) is 19.9 Å². The molecule has 15 heavy (non-hydrogen) atoms. The maximum atomic E-state index is 11.9. The molecule has 1 rings (SSSR count). The van der Waals surface area contributed by atoms with Crippen LogP contribution in [0.1, 0.15) is 19.9 Å². The third kappa shape index (κ3) is 2.04. The van der Waals surface area contributed by atoms with Crippen molar-refractivity contribution in [1.82, 2.24) is 15.0 Å². The van der Waals surface area contributed by atoms with Crippen LogP contribution in [-0.2, 0) is 13.6 Å². The quantitative estimate of drug-likeness (QED) is 0.756. The van der Waals surface area contributed by atoms with Gasteiger partial charge in [0, 0.05) is 20.3 Å². The van der Waals surface area contributed by atoms with E-state index in [2.05, 4.69) is 19.4 Å². The van der Waals surface area contributed by atoms with E-state index >= 15 is 0 Å². The number of hydrogen-bond donors (Lipinski definition) is 1. The van der Waals surface area contributed by atoms with E-state index in [0.29, 0.717) is 0 Å². The lowest BCUT2D eigenvalue weighted by Gasteiger charge is -2.08. The molecule has 8 heteroatoms. The fraction of sp³-hybridized carbons (Fsp3) is 0.714. The van der Waals surface area contributed by atoms with Gasteiger partial charge in [0.2, 0.25) is 5.44 Å². The Balaban J connectivity index is 3.29. The van der Waals surface area contributed by atoms with E-state index in [9.17, 15) is 9.36 Å². The zero-order chi connectivity index (χ0) is 11.6. The maximum absolute atomic E-state index is 11.9. The summed E-state index contributed by atoms with van der Waals surface area (Å²) in [6.07, 6.45) is 0. The molecule has 7 nitrogen and oxygen atoms in total. The van der Waals surface area contributed by atoms with Gasteiger partial charge < -0.3 is 9.05 Å². The summed E-state index contributed by atoms with van der Waals surface area (Å²) >= 11 is 0. The number of H-pyrrole nitrogens is 1. The van der Waals surface area contributed by atoms with E-state index in [1.807, 2.05) is 0 Å². The van der Waals surface area contributed by atoms with Crippen LogP contribution in [0.15, 0.2) is 4.79 Å². The van der Waals surface area contributed by atoms with Gasteiger partial charge in [-0.2, -0.15) is 0 Å². The predicted molar refractivity (Wildman–Crippen MR) is 54.5 cm³/mol. The molecule has 0 aliphatic heterocycles. The molecule has 0 atom stereocenters. The first-order valence-electron chi connectivity index (χ1n) is 4.35. The second kappa shape index (κ2) is 4.30. The van der Waals surface area contributed by atoms with Gasteiger partial charge in [-0.25, -0.2) is 9.90 Å². The van der Waals surface area contributed by atoms with Gasteiger partial charge in [-0.15, -0.1) is 5.10 Å². The van der Waals surface area contributed by atoms with Gasteiger partial charge in [0.25, 0.3) is 0 Å². The summed E-state index contributed by atoms with van der Waals surface area (Å²) < 4.78 is 22.5. The molecular formula is C7H14N3O4P. The smallest absolute Gasteiger partial charge is 0.307 e. The lowest BCUT2D eigenvalue weighted by molar-refractivity contribution is 0.286. The minimum Gasteiger partial charge on any atom is -0.307 e. The maximum Gasteiger partial charge on any atom is 0.386 e. The normalized spacial score (nSPS) is 12.3. The van der Waals surface area contributed by atoms with Gasteiger partial charge in [0.05, 0.1) is 0 Å². The van der Waals surface area contributed by atoms with Crippen LogP contribution in [0, 0.1) is 0 Å². The standard InChI is InChI=1S/C7H14N3O4P/c1-5(2)10-7(11)6(8-9-10)15(12,13-3)14-4/h5,9H,1-4H3. The van der Waals surface area contributed by atoms with Crippen molar-refractivity contribution in [2.75, 3.05) is 14.2 Å². The van der Waals surface area contributed by atoms with Crippen molar-refractivity contribution in [2.24, 2.45) is 0 Å². The van der Waals surface area contributed by atoms with Crippen molar-refractivity contribution in [3.05, 3.63) is 10.4 Å². The summed E-state index contributed by atoms with van der Waals surface area (Å²) in [5.74, 6) is 0. The van der Waals surface area contributed by atoms with E-state index in [0.717, 1.165) is 0 Å². The van der Waals surface area contributed by atoms with Crippen LogP contribution in [0.25, 0.3) is 0 Å². The molecule has 0 aliphatic carbocycles. The second-order valence-corrected chi connectivity index (χ2v) is 5.32. The Morgan fingerprint density at radius 1 is 1.40 bits per heavy atom. The average Bonchev–Trinajstić information content (AvgIpc) is 2.59. The van der Waals surface area contributed by atoms with Crippen LogP contribution >= 0.6 is 7.60 Å². The highest BCUT2D eigenvalue weighted by Gasteiger charge is 2.32. The number of nitrogens with zero attached hydrogens (tertiary/aromatic N) is 2. The first kappa shape index (κ1) is 12.2. The average molecular weight is 235 g/mol. The summed E-state index contributed by atoms with van der Waals surface area (Å²) in [5.41, 5.74) is -0.710. The van der Waals surface area contributed by atoms with Gasteiger partial charge >= 0.3 is 13.2 Å². The van der Waals surface area contributed by atoms with Crippen LogP contribution < -0.4 is 11.0 Å². The Labute approximate surface area is 86.9 Å². The summed E-state index contributed by atoms with van der Waals surface area (Å²) in [7, 11) is -1.15. The molecule has 86 valence electrons. The second-order valence-electron chi connectivity index (χ2n) is 3.17. The molecule has 0 aromatic carbocycles. The van der Waals surface area contributed by atoms with E-state index in [1.54, 1.807) is 13.8 Å². The summed E-state index contributed by atoms with van der Waals surface area (Å²) in [5, 5.41) is 6.13. The van der Waals surface area contributed by atoms with Gasteiger partial charge in [-0.1, -0.05) is 0 Å². The van der Waals surface area contributed by atoms with Crippen LogP contribution in [-0.4, -0.2) is 29.2 Å². The van der Waals surface area contributed by atoms with Crippen LogP contribution in [0.3, 0.4) is 0 Å². The number of rotatable bonds is 4. The molecule has 0 saturated carbocycles. The first-order chi connectivity index (χ1) is 6.96. The van der Waals surface area contributed by atoms with Crippen LogP contribution in [0.2, 0.25) is 0 Å². The Morgan fingerprint density at radius 3 is 2.27 bits per heavy atom. The fourth-order valence-electron chi connectivity index (χ4n) is 1.08. The molecule has 0 radical (unpaired) electrons. The minimum atomic E-state index is -3.57. The zero-order valence-electron chi connectivity index (χ0n) is 9.05. The lowest BCUT2D eigenvalue weighted by atomic mass is 10.4. The SMILES string of the molecule is COP(=O)(OC)c1n[nH]n(C(C)C)c1=O. The van der Waals surface area contributed by atoms with E-state index in [1.165, 1.54) is 18.9 Å². The molecule has 1 aromatic rings. The molecule has 0 fully saturated rings. The van der Waals surface area contributed by atoms with Gasteiger partial charge in [0.1, 0.15) is 0 Å². The number of nitrogens with one attached hydrogen (secondary N) is 1. The highest BCUT2D eigenvalue weighted by Crippen LogP contribution is 2.42. The predicted octanol–water partition coefficient (Wildman–Crippen LogP) is 0.263. The minimum absolute atomic E-state index is 0.0964. The number of aromatic nitrogens is 3. The van der Waals surface area contributed by atoms with Crippen molar-refractivity contribution in [1.29, 1.82) is 0 Å². The molecule has 0 bridgehead atoms. The zero-order valence-corrected chi connectivity index (χ0v) is 9.95. The van der Waals surface area contributed by atoms with Crippen molar-refractivity contribution < 1.29 is 13.6 Å². The van der Waals surface area contributed by atoms with E-state index < -0.39 is 13.2 Å². The Bertz CT molecular complexity index is 428. The number of hydrogen-bond acceptors (Lipinski definition) is 5. The summed E-state index contributed by atoms with van der Waals surface area (Å²) in [6.45, 7) is 3.60. The molecule has 1 heterocycles. The van der Waals surface area contributed by atoms with Crippen molar-refractivity contribution in [3.8, 4) is 0 Å². The van der Waals surface area contributed by atoms with Crippen molar-refractivity contribution in [3.63, 3.8) is 0 Å². The molecule has 0 spiro atoms.